The van der Waals surface area contributed by atoms with E-state index < -0.39 is 0 Å². The monoisotopic (exact) mass is 395 g/mol. The van der Waals surface area contributed by atoms with Crippen LogP contribution in [-0.2, 0) is 24.6 Å². The summed E-state index contributed by atoms with van der Waals surface area (Å²) in [6.45, 7) is 4.29. The Morgan fingerprint density at radius 3 is 2.59 bits per heavy atom. The lowest BCUT2D eigenvalue weighted by Crippen LogP contribution is -2.47. The Balaban J connectivity index is 1.40. The first-order chi connectivity index (χ1) is 14.2. The number of methoxy groups -OCH3 is 1. The first kappa shape index (κ1) is 20.2. The van der Waals surface area contributed by atoms with Gasteiger partial charge in [-0.25, -0.2) is 0 Å². The minimum Gasteiger partial charge on any atom is -0.383 e. The molecule has 1 saturated heterocycles. The molecule has 1 atom stereocenters. The number of piperidine rings is 1. The average molecular weight is 396 g/mol. The van der Waals surface area contributed by atoms with Gasteiger partial charge in [0.05, 0.1) is 6.61 Å². The Labute approximate surface area is 174 Å². The van der Waals surface area contributed by atoms with Gasteiger partial charge in [0.2, 0.25) is 0 Å². The average Bonchev–Trinajstić information content (AvgIpc) is 3.37. The largest absolute Gasteiger partial charge is 0.383 e. The van der Waals surface area contributed by atoms with E-state index >= 15 is 0 Å². The summed E-state index contributed by atoms with van der Waals surface area (Å²) in [6, 6.07) is 13.3. The van der Waals surface area contributed by atoms with Crippen LogP contribution in [0.5, 0.6) is 0 Å². The Kier molecular flexibility index (Phi) is 6.36. The standard InChI is InChI=1S/C24H33N3O2/c1-25-11-6-10-23(25)24(28)27(13-14-29-2)18-19-7-5-12-26(17-19)22-15-20-8-3-4-9-21(20)16-22/h3-4,6,8-11,19,22H,5,7,12-18H2,1-2H3/t19-/m0/s1. The fraction of sp³-hybridized carbons (Fsp3) is 0.542. The third kappa shape index (κ3) is 4.57. The zero-order valence-corrected chi connectivity index (χ0v) is 17.7. The maximum atomic E-state index is 13.1. The second-order valence-electron chi connectivity index (χ2n) is 8.58. The molecule has 1 amide bonds. The van der Waals surface area contributed by atoms with Gasteiger partial charge in [-0.05, 0) is 61.4 Å². The van der Waals surface area contributed by atoms with Crippen LogP contribution in [-0.4, -0.2) is 66.2 Å². The summed E-state index contributed by atoms with van der Waals surface area (Å²) in [5.74, 6) is 0.633. The van der Waals surface area contributed by atoms with E-state index in [1.807, 2.05) is 34.8 Å². The van der Waals surface area contributed by atoms with Gasteiger partial charge in [0, 0.05) is 46.0 Å². The van der Waals surface area contributed by atoms with Crippen LogP contribution in [0.4, 0.5) is 0 Å². The molecule has 1 aromatic carbocycles. The normalized spacial score (nSPS) is 20.0. The topological polar surface area (TPSA) is 37.7 Å². The zero-order valence-electron chi connectivity index (χ0n) is 17.7. The van der Waals surface area contributed by atoms with Crippen molar-refractivity contribution in [2.24, 2.45) is 13.0 Å². The molecule has 5 heteroatoms. The first-order valence-electron chi connectivity index (χ1n) is 10.9. The first-order valence-corrected chi connectivity index (χ1v) is 10.9. The molecule has 1 aromatic heterocycles. The number of benzene rings is 1. The number of aryl methyl sites for hydroxylation is 1. The van der Waals surface area contributed by atoms with Gasteiger partial charge in [0.15, 0.2) is 0 Å². The third-order valence-corrected chi connectivity index (χ3v) is 6.59. The molecule has 2 aliphatic rings. The van der Waals surface area contributed by atoms with Crippen molar-refractivity contribution in [2.75, 3.05) is 39.9 Å². The van der Waals surface area contributed by atoms with Crippen LogP contribution in [0.3, 0.4) is 0 Å². The number of rotatable bonds is 7. The van der Waals surface area contributed by atoms with Gasteiger partial charge in [0.1, 0.15) is 5.69 Å². The van der Waals surface area contributed by atoms with Crippen LogP contribution in [0.1, 0.15) is 34.5 Å². The smallest absolute Gasteiger partial charge is 0.270 e. The molecule has 0 saturated carbocycles. The number of amides is 1. The number of fused-ring (bicyclic) bond motifs is 1. The Morgan fingerprint density at radius 2 is 1.93 bits per heavy atom. The van der Waals surface area contributed by atoms with E-state index in [0.717, 1.165) is 18.8 Å². The highest BCUT2D eigenvalue weighted by Crippen LogP contribution is 2.29. The van der Waals surface area contributed by atoms with Gasteiger partial charge >= 0.3 is 0 Å². The summed E-state index contributed by atoms with van der Waals surface area (Å²) in [6.07, 6.45) is 6.67. The van der Waals surface area contributed by atoms with Gasteiger partial charge in [0.25, 0.3) is 5.91 Å². The van der Waals surface area contributed by atoms with Crippen LogP contribution in [0.25, 0.3) is 0 Å². The molecule has 4 rings (SSSR count). The Morgan fingerprint density at radius 1 is 1.17 bits per heavy atom. The van der Waals surface area contributed by atoms with Gasteiger partial charge in [-0.1, -0.05) is 24.3 Å². The number of likely N-dealkylation sites (tertiary alicyclic amines) is 1. The fourth-order valence-electron chi connectivity index (χ4n) is 5.01. The van der Waals surface area contributed by atoms with E-state index in [1.165, 1.54) is 43.4 Å². The molecular formula is C24H33N3O2. The molecular weight excluding hydrogens is 362 g/mol. The lowest BCUT2D eigenvalue weighted by atomic mass is 9.95. The second-order valence-corrected chi connectivity index (χ2v) is 8.58. The van der Waals surface area contributed by atoms with Crippen LogP contribution in [0, 0.1) is 5.92 Å². The minimum atomic E-state index is 0.111. The molecule has 0 spiro atoms. The van der Waals surface area contributed by atoms with Gasteiger partial charge in [-0.15, -0.1) is 0 Å². The van der Waals surface area contributed by atoms with Crippen molar-refractivity contribution >= 4 is 5.91 Å². The summed E-state index contributed by atoms with van der Waals surface area (Å²) < 4.78 is 7.19. The van der Waals surface area contributed by atoms with Crippen molar-refractivity contribution in [2.45, 2.75) is 31.7 Å². The van der Waals surface area contributed by atoms with Crippen molar-refractivity contribution in [1.29, 1.82) is 0 Å². The van der Waals surface area contributed by atoms with Gasteiger partial charge in [-0.2, -0.15) is 0 Å². The summed E-state index contributed by atoms with van der Waals surface area (Å²) in [4.78, 5) is 17.8. The number of carbonyl (C=O) groups is 1. The summed E-state index contributed by atoms with van der Waals surface area (Å²) in [5.41, 5.74) is 3.78. The Hall–Kier alpha value is -2.11. The number of carbonyl (C=O) groups excluding carboxylic acids is 1. The number of nitrogens with zero attached hydrogens (tertiary/aromatic N) is 3. The molecule has 0 bridgehead atoms. The van der Waals surface area contributed by atoms with Crippen LogP contribution in [0.15, 0.2) is 42.6 Å². The summed E-state index contributed by atoms with van der Waals surface area (Å²) in [7, 11) is 3.63. The molecule has 1 aliphatic heterocycles. The quantitative estimate of drug-likeness (QED) is 0.723. The molecule has 2 heterocycles. The van der Waals surface area contributed by atoms with E-state index in [9.17, 15) is 4.79 Å². The second kappa shape index (κ2) is 9.14. The molecule has 0 radical (unpaired) electrons. The lowest BCUT2D eigenvalue weighted by Gasteiger charge is -2.38. The highest BCUT2D eigenvalue weighted by molar-refractivity contribution is 5.92. The maximum absolute atomic E-state index is 13.1. The summed E-state index contributed by atoms with van der Waals surface area (Å²) >= 11 is 0. The fourth-order valence-corrected chi connectivity index (χ4v) is 5.01. The van der Waals surface area contributed by atoms with Crippen LogP contribution in [0.2, 0.25) is 0 Å². The van der Waals surface area contributed by atoms with Crippen molar-refractivity contribution in [3.63, 3.8) is 0 Å². The van der Waals surface area contributed by atoms with E-state index in [-0.39, 0.29) is 5.91 Å². The number of hydrogen-bond acceptors (Lipinski definition) is 3. The molecule has 2 aromatic rings. The van der Waals surface area contributed by atoms with Crippen LogP contribution >= 0.6 is 0 Å². The van der Waals surface area contributed by atoms with Gasteiger partial charge < -0.3 is 14.2 Å². The molecule has 29 heavy (non-hydrogen) atoms. The molecule has 0 unspecified atom stereocenters. The third-order valence-electron chi connectivity index (χ3n) is 6.59. The molecule has 0 N–H and O–H groups in total. The number of aromatic nitrogens is 1. The van der Waals surface area contributed by atoms with Crippen molar-refractivity contribution in [1.82, 2.24) is 14.4 Å². The number of ether oxygens (including phenoxy) is 1. The molecule has 156 valence electrons. The van der Waals surface area contributed by atoms with Crippen molar-refractivity contribution in [3.05, 3.63) is 59.4 Å². The molecule has 5 nitrogen and oxygen atoms in total. The van der Waals surface area contributed by atoms with E-state index in [4.69, 9.17) is 4.74 Å². The molecule has 1 aliphatic carbocycles. The SMILES string of the molecule is COCCN(C[C@H]1CCCN(C2Cc3ccccc3C2)C1)C(=O)c1cccn1C. The van der Waals surface area contributed by atoms with Crippen molar-refractivity contribution < 1.29 is 9.53 Å². The van der Waals surface area contributed by atoms with E-state index in [1.54, 1.807) is 7.11 Å². The lowest BCUT2D eigenvalue weighted by molar-refractivity contribution is 0.0565. The number of hydrogen-bond donors (Lipinski definition) is 0. The van der Waals surface area contributed by atoms with E-state index in [2.05, 4.69) is 29.2 Å². The van der Waals surface area contributed by atoms with Crippen LogP contribution < -0.4 is 0 Å². The summed E-state index contributed by atoms with van der Waals surface area (Å²) in [5, 5.41) is 0. The predicted molar refractivity (Wildman–Crippen MR) is 115 cm³/mol. The Bertz CT molecular complexity index is 806. The maximum Gasteiger partial charge on any atom is 0.270 e. The highest BCUT2D eigenvalue weighted by Gasteiger charge is 2.32. The minimum absolute atomic E-state index is 0.111. The van der Waals surface area contributed by atoms with Crippen molar-refractivity contribution in [3.8, 4) is 0 Å². The van der Waals surface area contributed by atoms with E-state index in [0.29, 0.717) is 25.1 Å². The molecule has 1 fully saturated rings. The zero-order chi connectivity index (χ0) is 20.2. The van der Waals surface area contributed by atoms with Gasteiger partial charge in [-0.3, -0.25) is 9.69 Å². The highest BCUT2D eigenvalue weighted by atomic mass is 16.5. The predicted octanol–water partition coefficient (Wildman–Crippen LogP) is 2.99.